The lowest BCUT2D eigenvalue weighted by atomic mass is 9.93. The van der Waals surface area contributed by atoms with Crippen molar-refractivity contribution in [2.75, 3.05) is 0 Å². The Hall–Kier alpha value is -1.26. The molecule has 1 aromatic rings. The average Bonchev–Trinajstić information content (AvgIpc) is 2.44. The lowest BCUT2D eigenvalue weighted by Crippen LogP contribution is -2.44. The molecule has 0 aliphatic heterocycles. The first-order chi connectivity index (χ1) is 9.54. The molecule has 20 heavy (non-hydrogen) atoms. The zero-order chi connectivity index (χ0) is 14.5. The van der Waals surface area contributed by atoms with Crippen LogP contribution in [0.1, 0.15) is 32.6 Å². The fourth-order valence-corrected chi connectivity index (χ4v) is 2.44. The molecule has 0 radical (unpaired) electrons. The summed E-state index contributed by atoms with van der Waals surface area (Å²) in [7, 11) is 0. The van der Waals surface area contributed by atoms with Gasteiger partial charge in [0.25, 0.3) is 5.91 Å². The molecular formula is C15H20ClNO3. The second-order valence-electron chi connectivity index (χ2n) is 5.23. The Kier molecular flexibility index (Phi) is 5.26. The molecule has 110 valence electrons. The first-order valence-electron chi connectivity index (χ1n) is 6.95. The van der Waals surface area contributed by atoms with E-state index in [1.807, 2.05) is 0 Å². The number of nitrogens with one attached hydrogen (secondary N) is 1. The Bertz CT molecular complexity index is 441. The van der Waals surface area contributed by atoms with Crippen LogP contribution >= 0.6 is 11.6 Å². The van der Waals surface area contributed by atoms with Crippen LogP contribution in [0.5, 0.6) is 5.75 Å². The number of carbonyl (C=O) groups is 1. The zero-order valence-electron chi connectivity index (χ0n) is 11.5. The van der Waals surface area contributed by atoms with Gasteiger partial charge in [-0.3, -0.25) is 4.79 Å². The third-order valence-corrected chi connectivity index (χ3v) is 3.79. The third kappa shape index (κ3) is 4.39. The van der Waals surface area contributed by atoms with E-state index in [0.29, 0.717) is 10.8 Å². The summed E-state index contributed by atoms with van der Waals surface area (Å²) in [5.41, 5.74) is 0. The van der Waals surface area contributed by atoms with Crippen molar-refractivity contribution in [3.8, 4) is 5.75 Å². The van der Waals surface area contributed by atoms with Gasteiger partial charge in [-0.1, -0.05) is 11.6 Å². The van der Waals surface area contributed by atoms with Crippen molar-refractivity contribution >= 4 is 17.5 Å². The number of hydrogen-bond acceptors (Lipinski definition) is 3. The standard InChI is InChI=1S/C15H20ClNO3/c1-10(20-14-8-2-11(16)3-9-14)15(19)17-12-4-6-13(18)7-5-12/h2-3,8-10,12-13,18H,4-7H2,1H3,(H,17,19). The van der Waals surface area contributed by atoms with E-state index in [4.69, 9.17) is 16.3 Å². The van der Waals surface area contributed by atoms with Crippen molar-refractivity contribution in [2.45, 2.75) is 50.9 Å². The van der Waals surface area contributed by atoms with Gasteiger partial charge in [0.05, 0.1) is 6.10 Å². The second-order valence-corrected chi connectivity index (χ2v) is 5.66. The molecule has 0 saturated heterocycles. The summed E-state index contributed by atoms with van der Waals surface area (Å²) in [6.45, 7) is 1.72. The smallest absolute Gasteiger partial charge is 0.260 e. The number of aliphatic hydroxyl groups is 1. The maximum absolute atomic E-state index is 12.0. The van der Waals surface area contributed by atoms with E-state index in [1.54, 1.807) is 31.2 Å². The Morgan fingerprint density at radius 2 is 1.90 bits per heavy atom. The van der Waals surface area contributed by atoms with E-state index in [1.165, 1.54) is 0 Å². The van der Waals surface area contributed by atoms with Gasteiger partial charge >= 0.3 is 0 Å². The topological polar surface area (TPSA) is 58.6 Å². The maximum Gasteiger partial charge on any atom is 0.260 e. The number of carbonyl (C=O) groups excluding carboxylic acids is 1. The van der Waals surface area contributed by atoms with Gasteiger partial charge < -0.3 is 15.2 Å². The molecule has 5 heteroatoms. The summed E-state index contributed by atoms with van der Waals surface area (Å²) in [5.74, 6) is 0.498. The van der Waals surface area contributed by atoms with Crippen LogP contribution in [0.4, 0.5) is 0 Å². The average molecular weight is 298 g/mol. The van der Waals surface area contributed by atoms with Crippen LogP contribution in [-0.4, -0.2) is 29.3 Å². The summed E-state index contributed by atoms with van der Waals surface area (Å²) in [6, 6.07) is 7.07. The number of hydrogen-bond donors (Lipinski definition) is 2. The van der Waals surface area contributed by atoms with E-state index in [2.05, 4.69) is 5.32 Å². The van der Waals surface area contributed by atoms with Crippen LogP contribution in [0.15, 0.2) is 24.3 Å². The van der Waals surface area contributed by atoms with Gasteiger partial charge in [0.1, 0.15) is 5.75 Å². The molecule has 1 aliphatic rings. The van der Waals surface area contributed by atoms with E-state index in [9.17, 15) is 9.90 Å². The lowest BCUT2D eigenvalue weighted by molar-refractivity contribution is -0.128. The molecule has 1 aromatic carbocycles. The van der Waals surface area contributed by atoms with Crippen LogP contribution in [0.2, 0.25) is 5.02 Å². The molecule has 4 nitrogen and oxygen atoms in total. The normalized spacial score (nSPS) is 23.9. The summed E-state index contributed by atoms with van der Waals surface area (Å²) in [5, 5.41) is 13.0. The summed E-state index contributed by atoms with van der Waals surface area (Å²) < 4.78 is 5.57. The maximum atomic E-state index is 12.0. The minimum absolute atomic E-state index is 0.124. The number of benzene rings is 1. The molecule has 1 atom stereocenters. The van der Waals surface area contributed by atoms with Gasteiger partial charge in [-0.25, -0.2) is 0 Å². The lowest BCUT2D eigenvalue weighted by Gasteiger charge is -2.27. The third-order valence-electron chi connectivity index (χ3n) is 3.54. The predicted molar refractivity (Wildman–Crippen MR) is 77.9 cm³/mol. The molecule has 1 fully saturated rings. The highest BCUT2D eigenvalue weighted by molar-refractivity contribution is 6.30. The second kappa shape index (κ2) is 6.95. The number of ether oxygens (including phenoxy) is 1. The van der Waals surface area contributed by atoms with Crippen molar-refractivity contribution in [2.24, 2.45) is 0 Å². The molecule has 1 saturated carbocycles. The quantitative estimate of drug-likeness (QED) is 0.898. The van der Waals surface area contributed by atoms with Gasteiger partial charge in [0.2, 0.25) is 0 Å². The molecule has 0 aromatic heterocycles. The predicted octanol–water partition coefficient (Wildman–Crippen LogP) is 2.53. The SMILES string of the molecule is CC(Oc1ccc(Cl)cc1)C(=O)NC1CCC(O)CC1. The molecule has 0 spiro atoms. The Morgan fingerprint density at radius 1 is 1.30 bits per heavy atom. The van der Waals surface area contributed by atoms with Crippen molar-refractivity contribution in [3.05, 3.63) is 29.3 Å². The Labute approximate surface area is 124 Å². The van der Waals surface area contributed by atoms with Crippen LogP contribution < -0.4 is 10.1 Å². The minimum atomic E-state index is -0.553. The van der Waals surface area contributed by atoms with Crippen LogP contribution in [-0.2, 0) is 4.79 Å². The molecular weight excluding hydrogens is 278 g/mol. The summed E-state index contributed by atoms with van der Waals surface area (Å²) >= 11 is 5.80. The monoisotopic (exact) mass is 297 g/mol. The van der Waals surface area contributed by atoms with Crippen LogP contribution in [0.25, 0.3) is 0 Å². The number of halogens is 1. The summed E-state index contributed by atoms with van der Waals surface area (Å²) in [6.07, 6.45) is 2.37. The molecule has 1 aliphatic carbocycles. The van der Waals surface area contributed by atoms with Crippen molar-refractivity contribution < 1.29 is 14.6 Å². The highest BCUT2D eigenvalue weighted by Gasteiger charge is 2.23. The molecule has 0 heterocycles. The molecule has 0 bridgehead atoms. The van der Waals surface area contributed by atoms with E-state index in [-0.39, 0.29) is 18.1 Å². The van der Waals surface area contributed by atoms with E-state index in [0.717, 1.165) is 25.7 Å². The molecule has 1 amide bonds. The first-order valence-corrected chi connectivity index (χ1v) is 7.33. The Morgan fingerprint density at radius 3 is 2.50 bits per heavy atom. The largest absolute Gasteiger partial charge is 0.481 e. The highest BCUT2D eigenvalue weighted by atomic mass is 35.5. The van der Waals surface area contributed by atoms with Gasteiger partial charge in [-0.2, -0.15) is 0 Å². The van der Waals surface area contributed by atoms with Gasteiger partial charge in [-0.05, 0) is 56.9 Å². The van der Waals surface area contributed by atoms with E-state index >= 15 is 0 Å². The zero-order valence-corrected chi connectivity index (χ0v) is 12.3. The van der Waals surface area contributed by atoms with Gasteiger partial charge in [-0.15, -0.1) is 0 Å². The van der Waals surface area contributed by atoms with Crippen molar-refractivity contribution in [1.82, 2.24) is 5.32 Å². The fourth-order valence-electron chi connectivity index (χ4n) is 2.31. The summed E-state index contributed by atoms with van der Waals surface area (Å²) in [4.78, 5) is 12.0. The molecule has 1 unspecified atom stereocenters. The first kappa shape index (κ1) is 15.1. The van der Waals surface area contributed by atoms with Gasteiger partial charge in [0.15, 0.2) is 6.10 Å². The van der Waals surface area contributed by atoms with Gasteiger partial charge in [0, 0.05) is 11.1 Å². The molecule has 2 rings (SSSR count). The Balaban J connectivity index is 1.81. The number of amides is 1. The van der Waals surface area contributed by atoms with Crippen molar-refractivity contribution in [1.29, 1.82) is 0 Å². The fraction of sp³-hybridized carbons (Fsp3) is 0.533. The van der Waals surface area contributed by atoms with E-state index < -0.39 is 6.10 Å². The van der Waals surface area contributed by atoms with Crippen LogP contribution in [0, 0.1) is 0 Å². The molecule has 2 N–H and O–H groups in total. The highest BCUT2D eigenvalue weighted by Crippen LogP contribution is 2.19. The number of aliphatic hydroxyl groups excluding tert-OH is 1. The number of rotatable bonds is 4. The van der Waals surface area contributed by atoms with Crippen LogP contribution in [0.3, 0.4) is 0 Å². The minimum Gasteiger partial charge on any atom is -0.481 e. The van der Waals surface area contributed by atoms with Crippen molar-refractivity contribution in [3.63, 3.8) is 0 Å².